The van der Waals surface area contributed by atoms with E-state index in [9.17, 15) is 13.2 Å². The van der Waals surface area contributed by atoms with E-state index in [0.717, 1.165) is 17.7 Å². The van der Waals surface area contributed by atoms with Gasteiger partial charge in [-0.1, -0.05) is 30.3 Å². The minimum atomic E-state index is -3.00. The molecule has 0 N–H and O–H groups in total. The maximum atomic E-state index is 13.2. The molecular formula is C14H11F3O2. The highest BCUT2D eigenvalue weighted by molar-refractivity contribution is 5.34. The normalized spacial score (nSPS) is 10.5. The highest BCUT2D eigenvalue weighted by Crippen LogP contribution is 2.24. The lowest BCUT2D eigenvalue weighted by atomic mass is 10.2. The minimum Gasteiger partial charge on any atom is -0.489 e. The summed E-state index contributed by atoms with van der Waals surface area (Å²) >= 11 is 0. The van der Waals surface area contributed by atoms with E-state index in [0.29, 0.717) is 0 Å². The van der Waals surface area contributed by atoms with Crippen molar-refractivity contribution in [2.45, 2.75) is 13.2 Å². The molecule has 0 aliphatic heterocycles. The second-order valence-corrected chi connectivity index (χ2v) is 3.78. The molecule has 0 saturated carbocycles. The van der Waals surface area contributed by atoms with E-state index in [1.54, 1.807) is 0 Å². The average Bonchev–Trinajstić information content (AvgIpc) is 2.36. The summed E-state index contributed by atoms with van der Waals surface area (Å²) < 4.78 is 46.8. The second kappa shape index (κ2) is 6.13. The number of benzene rings is 2. The van der Waals surface area contributed by atoms with Gasteiger partial charge >= 0.3 is 6.61 Å². The quantitative estimate of drug-likeness (QED) is 0.815. The van der Waals surface area contributed by atoms with Gasteiger partial charge in [0.05, 0.1) is 0 Å². The van der Waals surface area contributed by atoms with Gasteiger partial charge < -0.3 is 9.47 Å². The van der Waals surface area contributed by atoms with Gasteiger partial charge in [0.2, 0.25) is 0 Å². The van der Waals surface area contributed by atoms with Crippen molar-refractivity contribution in [2.75, 3.05) is 0 Å². The third-order valence-corrected chi connectivity index (χ3v) is 2.32. The zero-order chi connectivity index (χ0) is 13.7. The summed E-state index contributed by atoms with van der Waals surface area (Å²) in [5, 5.41) is 0. The molecule has 0 heterocycles. The summed E-state index contributed by atoms with van der Waals surface area (Å²) in [4.78, 5) is 0. The molecule has 0 unspecified atom stereocenters. The fourth-order valence-electron chi connectivity index (χ4n) is 1.53. The number of hydrogen-bond donors (Lipinski definition) is 0. The molecule has 0 fully saturated rings. The maximum absolute atomic E-state index is 13.2. The first-order valence-corrected chi connectivity index (χ1v) is 5.55. The molecule has 5 heteroatoms. The number of alkyl halides is 2. The van der Waals surface area contributed by atoms with Crippen molar-refractivity contribution in [3.05, 3.63) is 59.9 Å². The summed E-state index contributed by atoms with van der Waals surface area (Å²) in [6.45, 7) is -2.78. The summed E-state index contributed by atoms with van der Waals surface area (Å²) in [6, 6.07) is 12.4. The Balaban J connectivity index is 2.05. The molecule has 0 aromatic heterocycles. The standard InChI is InChI=1S/C14H11F3O2/c15-11-6-12(8-13(7-11)19-14(16)17)18-9-10-4-2-1-3-5-10/h1-8,14H,9H2. The molecule has 2 aromatic carbocycles. The van der Waals surface area contributed by atoms with Crippen LogP contribution in [-0.2, 0) is 6.61 Å². The summed E-state index contributed by atoms with van der Waals surface area (Å²) in [6.07, 6.45) is 0. The van der Waals surface area contributed by atoms with Crippen molar-refractivity contribution in [1.82, 2.24) is 0 Å². The van der Waals surface area contributed by atoms with Gasteiger partial charge in [0, 0.05) is 18.2 Å². The summed E-state index contributed by atoms with van der Waals surface area (Å²) in [7, 11) is 0. The topological polar surface area (TPSA) is 18.5 Å². The van der Waals surface area contributed by atoms with Crippen LogP contribution in [0, 0.1) is 5.82 Å². The third-order valence-electron chi connectivity index (χ3n) is 2.32. The zero-order valence-corrected chi connectivity index (χ0v) is 9.85. The molecule has 100 valence electrons. The lowest BCUT2D eigenvalue weighted by Gasteiger charge is -2.09. The Hall–Kier alpha value is -2.17. The smallest absolute Gasteiger partial charge is 0.387 e. The van der Waals surface area contributed by atoms with Crippen LogP contribution in [0.2, 0.25) is 0 Å². The largest absolute Gasteiger partial charge is 0.489 e. The highest BCUT2D eigenvalue weighted by Gasteiger charge is 2.08. The van der Waals surface area contributed by atoms with Gasteiger partial charge in [-0.15, -0.1) is 0 Å². The van der Waals surface area contributed by atoms with Crippen molar-refractivity contribution >= 4 is 0 Å². The molecule has 19 heavy (non-hydrogen) atoms. The molecule has 0 amide bonds. The lowest BCUT2D eigenvalue weighted by Crippen LogP contribution is -2.03. The van der Waals surface area contributed by atoms with Crippen LogP contribution >= 0.6 is 0 Å². The van der Waals surface area contributed by atoms with Crippen molar-refractivity contribution in [1.29, 1.82) is 0 Å². The molecule has 0 saturated heterocycles. The Labute approximate surface area is 108 Å². The van der Waals surface area contributed by atoms with E-state index >= 15 is 0 Å². The molecule has 0 aliphatic rings. The van der Waals surface area contributed by atoms with Crippen molar-refractivity contribution in [3.63, 3.8) is 0 Å². The number of hydrogen-bond acceptors (Lipinski definition) is 2. The fourth-order valence-corrected chi connectivity index (χ4v) is 1.53. The number of ether oxygens (including phenoxy) is 2. The summed E-state index contributed by atoms with van der Waals surface area (Å²) in [5.74, 6) is -0.821. The predicted octanol–water partition coefficient (Wildman–Crippen LogP) is 4.01. The molecule has 0 bridgehead atoms. The van der Waals surface area contributed by atoms with Crippen LogP contribution in [0.4, 0.5) is 13.2 Å². The average molecular weight is 268 g/mol. The Bertz CT molecular complexity index is 529. The van der Waals surface area contributed by atoms with Crippen LogP contribution < -0.4 is 9.47 Å². The van der Waals surface area contributed by atoms with Gasteiger partial charge in [-0.25, -0.2) is 4.39 Å². The Kier molecular flexibility index (Phi) is 4.28. The molecule has 0 aliphatic carbocycles. The molecule has 0 atom stereocenters. The molecule has 2 rings (SSSR count). The van der Waals surface area contributed by atoms with E-state index in [4.69, 9.17) is 4.74 Å². The monoisotopic (exact) mass is 268 g/mol. The van der Waals surface area contributed by atoms with Gasteiger partial charge in [0.25, 0.3) is 0 Å². The Morgan fingerprint density at radius 2 is 1.63 bits per heavy atom. The van der Waals surface area contributed by atoms with E-state index < -0.39 is 12.4 Å². The highest BCUT2D eigenvalue weighted by atomic mass is 19.3. The van der Waals surface area contributed by atoms with Crippen LogP contribution in [0.25, 0.3) is 0 Å². The third kappa shape index (κ3) is 4.21. The molecular weight excluding hydrogens is 257 g/mol. The minimum absolute atomic E-state index is 0.138. The molecule has 2 nitrogen and oxygen atoms in total. The molecule has 2 aromatic rings. The van der Waals surface area contributed by atoms with Crippen molar-refractivity contribution < 1.29 is 22.6 Å². The van der Waals surface area contributed by atoms with Crippen LogP contribution in [0.1, 0.15) is 5.56 Å². The second-order valence-electron chi connectivity index (χ2n) is 3.78. The van der Waals surface area contributed by atoms with E-state index in [-0.39, 0.29) is 18.1 Å². The van der Waals surface area contributed by atoms with Gasteiger partial charge in [-0.2, -0.15) is 8.78 Å². The van der Waals surface area contributed by atoms with E-state index in [2.05, 4.69) is 4.74 Å². The van der Waals surface area contributed by atoms with Crippen LogP contribution in [0.15, 0.2) is 48.5 Å². The van der Waals surface area contributed by atoms with Gasteiger partial charge in [-0.05, 0) is 5.56 Å². The van der Waals surface area contributed by atoms with E-state index in [1.165, 1.54) is 6.07 Å². The zero-order valence-electron chi connectivity index (χ0n) is 9.85. The molecule has 0 radical (unpaired) electrons. The van der Waals surface area contributed by atoms with Gasteiger partial charge in [0.15, 0.2) is 0 Å². The van der Waals surface area contributed by atoms with Crippen molar-refractivity contribution in [3.8, 4) is 11.5 Å². The molecule has 0 spiro atoms. The van der Waals surface area contributed by atoms with Crippen molar-refractivity contribution in [2.24, 2.45) is 0 Å². The number of halogens is 3. The first-order valence-electron chi connectivity index (χ1n) is 5.55. The fraction of sp³-hybridized carbons (Fsp3) is 0.143. The predicted molar refractivity (Wildman–Crippen MR) is 63.8 cm³/mol. The van der Waals surface area contributed by atoms with Gasteiger partial charge in [-0.3, -0.25) is 0 Å². The Morgan fingerprint density at radius 3 is 2.32 bits per heavy atom. The first-order chi connectivity index (χ1) is 9.13. The first kappa shape index (κ1) is 13.3. The van der Waals surface area contributed by atoms with Crippen LogP contribution in [0.5, 0.6) is 11.5 Å². The lowest BCUT2D eigenvalue weighted by molar-refractivity contribution is -0.0501. The van der Waals surface area contributed by atoms with E-state index in [1.807, 2.05) is 30.3 Å². The maximum Gasteiger partial charge on any atom is 0.387 e. The number of rotatable bonds is 5. The Morgan fingerprint density at radius 1 is 0.947 bits per heavy atom. The SMILES string of the molecule is Fc1cc(OCc2ccccc2)cc(OC(F)F)c1. The van der Waals surface area contributed by atoms with Crippen LogP contribution in [0.3, 0.4) is 0 Å². The summed E-state index contributed by atoms with van der Waals surface area (Å²) in [5.41, 5.74) is 0.892. The van der Waals surface area contributed by atoms with Gasteiger partial charge in [0.1, 0.15) is 23.9 Å². The van der Waals surface area contributed by atoms with Crippen LogP contribution in [-0.4, -0.2) is 6.61 Å².